The number of nitrogens with zero attached hydrogens (tertiary/aromatic N) is 2. The smallest absolute Gasteiger partial charge is 0.405 e. The average molecular weight is 445 g/mol. The SMILES string of the molecule is O=C(O)N[C@H](CCCCCC1(c2ccon2)OCCO1)c1cc(-c2ccc(F)cc2)on1. The minimum absolute atomic E-state index is 0.349. The summed E-state index contributed by atoms with van der Waals surface area (Å²) in [5, 5.41) is 19.7. The van der Waals surface area contributed by atoms with Crippen molar-refractivity contribution < 1.29 is 32.8 Å². The molecule has 1 aliphatic rings. The van der Waals surface area contributed by atoms with Crippen LogP contribution in [0, 0.1) is 5.82 Å². The maximum absolute atomic E-state index is 13.1. The molecule has 0 spiro atoms. The molecule has 0 bridgehead atoms. The number of hydrogen-bond acceptors (Lipinski definition) is 7. The number of carbonyl (C=O) groups is 1. The van der Waals surface area contributed by atoms with Crippen molar-refractivity contribution in [2.24, 2.45) is 0 Å². The number of ether oxygens (including phenoxy) is 2. The van der Waals surface area contributed by atoms with Crippen molar-refractivity contribution in [3.05, 3.63) is 59.9 Å². The molecule has 1 aromatic carbocycles. The third-order valence-electron chi connectivity index (χ3n) is 5.39. The van der Waals surface area contributed by atoms with E-state index in [1.807, 2.05) is 0 Å². The van der Waals surface area contributed by atoms with E-state index in [9.17, 15) is 14.3 Å². The third-order valence-corrected chi connectivity index (χ3v) is 5.39. The number of amides is 1. The van der Waals surface area contributed by atoms with E-state index in [0.29, 0.717) is 48.8 Å². The molecule has 0 unspecified atom stereocenters. The Labute approximate surface area is 183 Å². The number of benzene rings is 1. The van der Waals surface area contributed by atoms with Crippen LogP contribution in [0.3, 0.4) is 0 Å². The van der Waals surface area contributed by atoms with Crippen LogP contribution < -0.4 is 5.32 Å². The highest BCUT2D eigenvalue weighted by molar-refractivity contribution is 5.65. The van der Waals surface area contributed by atoms with Crippen LogP contribution >= 0.6 is 0 Å². The fourth-order valence-corrected chi connectivity index (χ4v) is 3.81. The van der Waals surface area contributed by atoms with Gasteiger partial charge in [0.05, 0.1) is 19.3 Å². The molecule has 0 radical (unpaired) electrons. The highest BCUT2D eigenvalue weighted by atomic mass is 19.1. The lowest BCUT2D eigenvalue weighted by molar-refractivity contribution is -0.175. The normalized spacial score (nSPS) is 16.2. The Morgan fingerprint density at radius 2 is 1.91 bits per heavy atom. The summed E-state index contributed by atoms with van der Waals surface area (Å²) in [6.45, 7) is 1.00. The van der Waals surface area contributed by atoms with E-state index in [1.54, 1.807) is 24.3 Å². The molecule has 0 aliphatic carbocycles. The molecule has 1 fully saturated rings. The molecule has 1 amide bonds. The maximum Gasteiger partial charge on any atom is 0.405 e. The quantitative estimate of drug-likeness (QED) is 0.434. The Morgan fingerprint density at radius 1 is 1.12 bits per heavy atom. The Morgan fingerprint density at radius 3 is 2.59 bits per heavy atom. The van der Waals surface area contributed by atoms with E-state index >= 15 is 0 Å². The summed E-state index contributed by atoms with van der Waals surface area (Å²) in [4.78, 5) is 11.3. The van der Waals surface area contributed by atoms with Crippen LogP contribution in [-0.2, 0) is 15.3 Å². The molecule has 1 atom stereocenters. The summed E-state index contributed by atoms with van der Waals surface area (Å²) >= 11 is 0. The first-order chi connectivity index (χ1) is 15.6. The van der Waals surface area contributed by atoms with Crippen molar-refractivity contribution in [1.82, 2.24) is 15.6 Å². The van der Waals surface area contributed by atoms with Crippen molar-refractivity contribution in [1.29, 1.82) is 0 Å². The minimum Gasteiger partial charge on any atom is -0.465 e. The summed E-state index contributed by atoms with van der Waals surface area (Å²) < 4.78 is 35.0. The molecule has 10 heteroatoms. The van der Waals surface area contributed by atoms with Crippen LogP contribution in [0.15, 0.2) is 51.7 Å². The van der Waals surface area contributed by atoms with Gasteiger partial charge >= 0.3 is 6.09 Å². The van der Waals surface area contributed by atoms with Gasteiger partial charge in [-0.1, -0.05) is 23.2 Å². The van der Waals surface area contributed by atoms with Gasteiger partial charge in [-0.15, -0.1) is 0 Å². The summed E-state index contributed by atoms with van der Waals surface area (Å²) in [5.74, 6) is -0.776. The fourth-order valence-electron chi connectivity index (χ4n) is 3.81. The molecular weight excluding hydrogens is 421 g/mol. The molecule has 9 nitrogen and oxygen atoms in total. The number of halogens is 1. The maximum atomic E-state index is 13.1. The monoisotopic (exact) mass is 445 g/mol. The molecule has 4 rings (SSSR count). The highest BCUT2D eigenvalue weighted by Gasteiger charge is 2.40. The minimum atomic E-state index is -1.14. The number of hydrogen-bond donors (Lipinski definition) is 2. The number of rotatable bonds is 10. The number of carboxylic acid groups (broad SMARTS) is 1. The first kappa shape index (κ1) is 22.0. The second kappa shape index (κ2) is 9.92. The van der Waals surface area contributed by atoms with E-state index in [1.165, 1.54) is 18.4 Å². The van der Waals surface area contributed by atoms with Gasteiger partial charge in [-0.25, -0.2) is 9.18 Å². The van der Waals surface area contributed by atoms with Gasteiger partial charge in [-0.05, 0) is 37.1 Å². The molecular formula is C22H24FN3O6. The van der Waals surface area contributed by atoms with Crippen molar-refractivity contribution in [2.45, 2.75) is 43.9 Å². The van der Waals surface area contributed by atoms with E-state index in [-0.39, 0.29) is 5.82 Å². The van der Waals surface area contributed by atoms with Crippen LogP contribution in [0.4, 0.5) is 9.18 Å². The zero-order valence-electron chi connectivity index (χ0n) is 17.3. The fraction of sp³-hybridized carbons (Fsp3) is 0.409. The summed E-state index contributed by atoms with van der Waals surface area (Å²) in [5.41, 5.74) is 1.76. The lowest BCUT2D eigenvalue weighted by Crippen LogP contribution is -2.28. The molecule has 3 heterocycles. The van der Waals surface area contributed by atoms with Crippen LogP contribution in [0.1, 0.15) is 49.5 Å². The van der Waals surface area contributed by atoms with Crippen molar-refractivity contribution in [3.8, 4) is 11.3 Å². The first-order valence-electron chi connectivity index (χ1n) is 10.5. The van der Waals surface area contributed by atoms with Gasteiger partial charge in [0.15, 0.2) is 5.76 Å². The Hall–Kier alpha value is -3.24. The zero-order valence-corrected chi connectivity index (χ0v) is 17.3. The second-order valence-corrected chi connectivity index (χ2v) is 7.56. The summed E-state index contributed by atoms with van der Waals surface area (Å²) in [6.07, 6.45) is 3.88. The number of aromatic nitrogens is 2. The van der Waals surface area contributed by atoms with Crippen molar-refractivity contribution in [2.75, 3.05) is 13.2 Å². The van der Waals surface area contributed by atoms with Crippen molar-refractivity contribution >= 4 is 6.09 Å². The lowest BCUT2D eigenvalue weighted by atomic mass is 10.0. The molecule has 0 saturated carbocycles. The van der Waals surface area contributed by atoms with Gasteiger partial charge in [0.25, 0.3) is 0 Å². The predicted octanol–water partition coefficient (Wildman–Crippen LogP) is 4.63. The van der Waals surface area contributed by atoms with Gasteiger partial charge < -0.3 is 28.9 Å². The van der Waals surface area contributed by atoms with Gasteiger partial charge in [-0.2, -0.15) is 0 Å². The predicted molar refractivity (Wildman–Crippen MR) is 109 cm³/mol. The topological polar surface area (TPSA) is 120 Å². The molecule has 170 valence electrons. The van der Waals surface area contributed by atoms with Gasteiger partial charge in [0, 0.05) is 24.1 Å². The largest absolute Gasteiger partial charge is 0.465 e. The Balaban J connectivity index is 1.33. The summed E-state index contributed by atoms with van der Waals surface area (Å²) in [7, 11) is 0. The van der Waals surface area contributed by atoms with Gasteiger partial charge in [-0.3, -0.25) is 0 Å². The first-order valence-corrected chi connectivity index (χ1v) is 10.5. The second-order valence-electron chi connectivity index (χ2n) is 7.56. The molecule has 2 aromatic heterocycles. The molecule has 32 heavy (non-hydrogen) atoms. The van der Waals surface area contributed by atoms with Crippen LogP contribution in [0.2, 0.25) is 0 Å². The van der Waals surface area contributed by atoms with E-state index in [4.69, 9.17) is 18.5 Å². The highest BCUT2D eigenvalue weighted by Crippen LogP contribution is 2.36. The van der Waals surface area contributed by atoms with Gasteiger partial charge in [0.2, 0.25) is 5.79 Å². The number of nitrogens with one attached hydrogen (secondary N) is 1. The van der Waals surface area contributed by atoms with Gasteiger partial charge in [0.1, 0.15) is 23.5 Å². The molecule has 3 aromatic rings. The van der Waals surface area contributed by atoms with E-state index in [0.717, 1.165) is 19.3 Å². The van der Waals surface area contributed by atoms with E-state index < -0.39 is 17.9 Å². The number of unbranched alkanes of at least 4 members (excludes halogenated alkanes) is 2. The molecule has 1 saturated heterocycles. The Bertz CT molecular complexity index is 999. The van der Waals surface area contributed by atoms with Crippen LogP contribution in [-0.4, -0.2) is 34.7 Å². The third kappa shape index (κ3) is 5.14. The average Bonchev–Trinajstić information content (AvgIpc) is 3.55. The lowest BCUT2D eigenvalue weighted by Gasteiger charge is -2.24. The van der Waals surface area contributed by atoms with Crippen LogP contribution in [0.25, 0.3) is 11.3 Å². The Kier molecular flexibility index (Phi) is 6.81. The van der Waals surface area contributed by atoms with E-state index in [2.05, 4.69) is 15.6 Å². The molecule has 2 N–H and O–H groups in total. The zero-order chi connectivity index (χ0) is 22.4. The standard InChI is InChI=1S/C22H24FN3O6/c23-16-7-5-15(6-8-16)19-14-18(25-32-19)17(24-21(27)28)4-2-1-3-10-22(29-12-13-30-22)20-9-11-31-26-20/h5-9,11,14,17,24H,1-4,10,12-13H2,(H,27,28)/t17-/m1/s1. The van der Waals surface area contributed by atoms with Crippen molar-refractivity contribution in [3.63, 3.8) is 0 Å². The summed E-state index contributed by atoms with van der Waals surface area (Å²) in [6, 6.07) is 8.71. The van der Waals surface area contributed by atoms with Crippen LogP contribution in [0.5, 0.6) is 0 Å². The molecule has 1 aliphatic heterocycles.